The van der Waals surface area contributed by atoms with Crippen LogP contribution in [0.2, 0.25) is 0 Å². The van der Waals surface area contributed by atoms with Crippen molar-refractivity contribution in [2.24, 2.45) is 10.3 Å². The second-order valence-corrected chi connectivity index (χ2v) is 5.86. The van der Waals surface area contributed by atoms with Crippen molar-refractivity contribution in [3.05, 3.63) is 59.7 Å². The van der Waals surface area contributed by atoms with E-state index in [1.54, 1.807) is 32.3 Å². The summed E-state index contributed by atoms with van der Waals surface area (Å²) in [7, 11) is -1.50. The Hall–Kier alpha value is -1.78. The van der Waals surface area contributed by atoms with Crippen LogP contribution in [0.15, 0.2) is 52.8 Å². The van der Waals surface area contributed by atoms with Crippen molar-refractivity contribution < 1.29 is 51.5 Å². The first-order valence-corrected chi connectivity index (χ1v) is 8.04. The Balaban J connectivity index is 0.00000312. The van der Waals surface area contributed by atoms with Gasteiger partial charge in [0.05, 0.1) is 5.69 Å². The van der Waals surface area contributed by atoms with Crippen LogP contribution in [0.5, 0.6) is 5.75 Å². The third-order valence-corrected chi connectivity index (χ3v) is 3.09. The zero-order valence-corrected chi connectivity index (χ0v) is 16.7. The smallest absolute Gasteiger partial charge is 0.362 e. The quantitative estimate of drug-likeness (QED) is 0.183. The topological polar surface area (TPSA) is 109 Å². The SMILES string of the molecule is CN(C)N=Nc1ccc(C(=O)c2[c-]cccc2)c(OS(=O)(=O)O)c1.[Na+]. The van der Waals surface area contributed by atoms with Crippen LogP contribution in [0.1, 0.15) is 15.9 Å². The van der Waals surface area contributed by atoms with E-state index in [0.29, 0.717) is 0 Å². The van der Waals surface area contributed by atoms with E-state index in [1.807, 2.05) is 0 Å². The van der Waals surface area contributed by atoms with E-state index >= 15 is 0 Å². The molecular weight excluding hydrogens is 357 g/mol. The predicted octanol–water partition coefficient (Wildman–Crippen LogP) is -0.536. The molecular formula is C15H14N3NaO5S. The van der Waals surface area contributed by atoms with Crippen LogP contribution < -0.4 is 33.7 Å². The minimum atomic E-state index is -4.81. The van der Waals surface area contributed by atoms with Gasteiger partial charge in [-0.05, 0) is 6.07 Å². The van der Waals surface area contributed by atoms with Crippen molar-refractivity contribution in [1.82, 2.24) is 5.01 Å². The fourth-order valence-electron chi connectivity index (χ4n) is 1.76. The van der Waals surface area contributed by atoms with Gasteiger partial charge in [-0.3, -0.25) is 9.56 Å². The van der Waals surface area contributed by atoms with Crippen LogP contribution in [0, 0.1) is 6.07 Å². The molecule has 0 unspecified atom stereocenters. The zero-order chi connectivity index (χ0) is 17.7. The molecule has 0 spiro atoms. The Kier molecular flexibility index (Phi) is 7.71. The molecule has 2 aromatic carbocycles. The fraction of sp³-hybridized carbons (Fsp3) is 0.133. The van der Waals surface area contributed by atoms with Crippen LogP contribution in [-0.4, -0.2) is 37.9 Å². The minimum Gasteiger partial charge on any atom is -0.362 e. The van der Waals surface area contributed by atoms with Crippen molar-refractivity contribution in [2.45, 2.75) is 0 Å². The molecule has 0 bridgehead atoms. The van der Waals surface area contributed by atoms with Gasteiger partial charge in [-0.15, -0.1) is 41.0 Å². The van der Waals surface area contributed by atoms with Crippen LogP contribution in [0.3, 0.4) is 0 Å². The van der Waals surface area contributed by atoms with Gasteiger partial charge in [0.25, 0.3) is 0 Å². The molecule has 0 amide bonds. The number of ketones is 1. The molecule has 0 atom stereocenters. The molecule has 8 nitrogen and oxygen atoms in total. The van der Waals surface area contributed by atoms with E-state index in [-0.39, 0.29) is 52.1 Å². The van der Waals surface area contributed by atoms with E-state index in [0.717, 1.165) is 0 Å². The fourth-order valence-corrected chi connectivity index (χ4v) is 2.13. The zero-order valence-electron chi connectivity index (χ0n) is 13.9. The number of nitrogens with zero attached hydrogens (tertiary/aromatic N) is 3. The van der Waals surface area contributed by atoms with E-state index in [1.165, 1.54) is 29.3 Å². The van der Waals surface area contributed by atoms with Gasteiger partial charge in [0.1, 0.15) is 11.5 Å². The van der Waals surface area contributed by atoms with Gasteiger partial charge < -0.3 is 8.98 Å². The Bertz CT molecular complexity index is 870. The number of rotatable bonds is 6. The van der Waals surface area contributed by atoms with Crippen LogP contribution in [-0.2, 0) is 10.4 Å². The van der Waals surface area contributed by atoms with Gasteiger partial charge in [0, 0.05) is 25.7 Å². The summed E-state index contributed by atoms with van der Waals surface area (Å²) in [4.78, 5) is 12.5. The molecule has 126 valence electrons. The first-order valence-electron chi connectivity index (χ1n) is 6.67. The molecule has 0 saturated heterocycles. The number of hydrogen-bond donors (Lipinski definition) is 1. The summed E-state index contributed by atoms with van der Waals surface area (Å²) in [6.45, 7) is 0. The van der Waals surface area contributed by atoms with Crippen LogP contribution >= 0.6 is 0 Å². The molecule has 0 aliphatic heterocycles. The van der Waals surface area contributed by atoms with Gasteiger partial charge in [0.15, 0.2) is 0 Å². The van der Waals surface area contributed by atoms with Crippen molar-refractivity contribution in [1.29, 1.82) is 0 Å². The third-order valence-electron chi connectivity index (χ3n) is 2.70. The third kappa shape index (κ3) is 6.56. The van der Waals surface area contributed by atoms with Gasteiger partial charge in [0.2, 0.25) is 0 Å². The Morgan fingerprint density at radius 3 is 2.52 bits per heavy atom. The summed E-state index contributed by atoms with van der Waals surface area (Å²) in [5.41, 5.74) is 0.412. The number of benzene rings is 2. The Morgan fingerprint density at radius 1 is 1.24 bits per heavy atom. The molecule has 0 heterocycles. The van der Waals surface area contributed by atoms with Crippen molar-refractivity contribution in [2.75, 3.05) is 14.1 Å². The van der Waals surface area contributed by atoms with Gasteiger partial charge in [-0.1, -0.05) is 11.3 Å². The summed E-state index contributed by atoms with van der Waals surface area (Å²) in [5, 5.41) is 9.04. The van der Waals surface area contributed by atoms with Gasteiger partial charge in [-0.25, -0.2) is 0 Å². The second-order valence-electron chi connectivity index (χ2n) is 4.83. The van der Waals surface area contributed by atoms with Crippen molar-refractivity contribution in [3.63, 3.8) is 0 Å². The average Bonchev–Trinajstić information content (AvgIpc) is 2.52. The average molecular weight is 371 g/mol. The molecule has 25 heavy (non-hydrogen) atoms. The van der Waals surface area contributed by atoms with E-state index in [4.69, 9.17) is 4.55 Å². The maximum Gasteiger partial charge on any atom is 1.00 e. The molecule has 0 fully saturated rings. The molecule has 0 aliphatic carbocycles. The summed E-state index contributed by atoms with van der Waals surface area (Å²) in [6.07, 6.45) is 0. The normalized spacial score (nSPS) is 11.0. The molecule has 0 saturated carbocycles. The molecule has 10 heteroatoms. The second kappa shape index (κ2) is 9.07. The molecule has 2 aromatic rings. The monoisotopic (exact) mass is 371 g/mol. The molecule has 0 radical (unpaired) electrons. The van der Waals surface area contributed by atoms with E-state index < -0.39 is 16.2 Å². The van der Waals surface area contributed by atoms with Gasteiger partial charge in [-0.2, -0.15) is 8.42 Å². The standard InChI is InChI=1S/C15H14N3O5S.Na/c1-18(2)17-16-12-8-9-13(14(10-12)23-24(20,21)22)15(19)11-6-4-3-5-7-11;/h3-6,8-10H,1-2H3,(H,20,21,22);/q-1;+1. The minimum absolute atomic E-state index is 0. The van der Waals surface area contributed by atoms with E-state index in [9.17, 15) is 13.2 Å². The summed E-state index contributed by atoms with van der Waals surface area (Å²) >= 11 is 0. The number of carbonyl (C=O) groups is 1. The van der Waals surface area contributed by atoms with Gasteiger partial charge >= 0.3 is 40.0 Å². The summed E-state index contributed by atoms with van der Waals surface area (Å²) in [6, 6.07) is 13.2. The van der Waals surface area contributed by atoms with Crippen LogP contribution in [0.4, 0.5) is 5.69 Å². The summed E-state index contributed by atoms with van der Waals surface area (Å²) in [5.74, 6) is -0.861. The van der Waals surface area contributed by atoms with Crippen molar-refractivity contribution in [3.8, 4) is 5.75 Å². The maximum atomic E-state index is 12.5. The van der Waals surface area contributed by atoms with Crippen LogP contribution in [0.25, 0.3) is 0 Å². The Morgan fingerprint density at radius 2 is 1.96 bits per heavy atom. The first-order chi connectivity index (χ1) is 11.3. The predicted molar refractivity (Wildman–Crippen MR) is 85.5 cm³/mol. The maximum absolute atomic E-state index is 12.5. The molecule has 2 rings (SSSR count). The molecule has 0 aromatic heterocycles. The van der Waals surface area contributed by atoms with Crippen molar-refractivity contribution >= 4 is 21.9 Å². The summed E-state index contributed by atoms with van der Waals surface area (Å²) < 4.78 is 35.5. The van der Waals surface area contributed by atoms with E-state index in [2.05, 4.69) is 20.6 Å². The molecule has 1 N–H and O–H groups in total. The number of hydrogen-bond acceptors (Lipinski definition) is 6. The molecule has 0 aliphatic rings. The first kappa shape index (κ1) is 21.3. The number of carbonyl (C=O) groups excluding carboxylic acids is 1. The Labute approximate surface area is 167 Å². The largest absolute Gasteiger partial charge is 1.00 e.